The highest BCUT2D eigenvalue weighted by Gasteiger charge is 1.98. The summed E-state index contributed by atoms with van der Waals surface area (Å²) < 4.78 is 0. The average molecular weight is 221 g/mol. The van der Waals surface area contributed by atoms with Crippen LogP contribution in [0.1, 0.15) is 26.3 Å². The second-order valence-electron chi connectivity index (χ2n) is 3.24. The van der Waals surface area contributed by atoms with Gasteiger partial charge in [0.05, 0.1) is 6.61 Å². The number of hydrogen-bond donors (Lipinski definition) is 1. The fraction of sp³-hybridized carbons (Fsp3) is 0.429. The second kappa shape index (κ2) is 8.98. The third-order valence-corrected chi connectivity index (χ3v) is 2.13. The molecule has 0 aliphatic rings. The number of aliphatic hydroxyl groups is 1. The fourth-order valence-corrected chi connectivity index (χ4v) is 1.31. The van der Waals surface area contributed by atoms with E-state index in [1.54, 1.807) is 0 Å². The summed E-state index contributed by atoms with van der Waals surface area (Å²) in [5.41, 5.74) is 2.33. The summed E-state index contributed by atoms with van der Waals surface area (Å²) in [6.45, 7) is 6.86. The van der Waals surface area contributed by atoms with Crippen molar-refractivity contribution in [3.8, 4) is 0 Å². The van der Waals surface area contributed by atoms with E-state index in [4.69, 9.17) is 5.11 Å². The van der Waals surface area contributed by atoms with Crippen LogP contribution >= 0.6 is 0 Å². The summed E-state index contributed by atoms with van der Waals surface area (Å²) in [6.07, 6.45) is 4.09. The molecule has 0 atom stereocenters. The van der Waals surface area contributed by atoms with Crippen LogP contribution in [0.15, 0.2) is 30.3 Å². The summed E-state index contributed by atoms with van der Waals surface area (Å²) in [4.78, 5) is 2.03. The van der Waals surface area contributed by atoms with Crippen LogP contribution in [-0.4, -0.2) is 25.3 Å². The van der Waals surface area contributed by atoms with Crippen LogP contribution in [0.5, 0.6) is 0 Å². The molecule has 0 heterocycles. The Balaban J connectivity index is 0.00000106. The number of hydrogen-bond acceptors (Lipinski definition) is 2. The van der Waals surface area contributed by atoms with E-state index in [0.29, 0.717) is 6.54 Å². The Morgan fingerprint density at radius 1 is 1.19 bits per heavy atom. The molecule has 16 heavy (non-hydrogen) atoms. The smallest absolute Gasteiger partial charge is 0.0606 e. The number of rotatable bonds is 4. The van der Waals surface area contributed by atoms with Gasteiger partial charge in [0.2, 0.25) is 0 Å². The summed E-state index contributed by atoms with van der Waals surface area (Å²) in [5, 5.41) is 8.78. The van der Waals surface area contributed by atoms with E-state index in [1.807, 2.05) is 38.8 Å². The van der Waals surface area contributed by atoms with Gasteiger partial charge < -0.3 is 10.0 Å². The van der Waals surface area contributed by atoms with E-state index in [1.165, 1.54) is 5.56 Å². The predicted molar refractivity (Wildman–Crippen MR) is 72.9 cm³/mol. The fourth-order valence-electron chi connectivity index (χ4n) is 1.31. The van der Waals surface area contributed by atoms with Gasteiger partial charge in [-0.25, -0.2) is 0 Å². The van der Waals surface area contributed by atoms with Crippen molar-refractivity contribution >= 4 is 11.8 Å². The molecule has 0 spiro atoms. The zero-order valence-corrected chi connectivity index (χ0v) is 10.8. The normalized spacial score (nSPS) is 9.81. The van der Waals surface area contributed by atoms with Crippen LogP contribution in [0.3, 0.4) is 0 Å². The Hall–Kier alpha value is -1.28. The standard InChI is InChI=1S/C12H17NO.C2H6/c1-3-4-11-5-7-12(8-6-11)13(2)9-10-14;1-2/h3-8,14H,9-10H2,1-2H3;1-2H3/b4-3+;. The lowest BCUT2D eigenvalue weighted by Gasteiger charge is -2.17. The van der Waals surface area contributed by atoms with Crippen LogP contribution in [0.2, 0.25) is 0 Å². The zero-order chi connectivity index (χ0) is 12.4. The molecule has 1 rings (SSSR count). The largest absolute Gasteiger partial charge is 0.395 e. The number of aliphatic hydroxyl groups excluding tert-OH is 1. The predicted octanol–water partition coefficient (Wildman–Crippen LogP) is 3.17. The van der Waals surface area contributed by atoms with E-state index in [9.17, 15) is 0 Å². The molecule has 0 saturated carbocycles. The Morgan fingerprint density at radius 3 is 2.19 bits per heavy atom. The van der Waals surface area contributed by atoms with E-state index in [0.717, 1.165) is 5.69 Å². The molecule has 1 N–H and O–H groups in total. The monoisotopic (exact) mass is 221 g/mol. The zero-order valence-electron chi connectivity index (χ0n) is 10.8. The van der Waals surface area contributed by atoms with Crippen LogP contribution in [0, 0.1) is 0 Å². The van der Waals surface area contributed by atoms with Crippen molar-refractivity contribution in [2.75, 3.05) is 25.1 Å². The molecule has 0 aliphatic carbocycles. The second-order valence-corrected chi connectivity index (χ2v) is 3.24. The van der Waals surface area contributed by atoms with Crippen LogP contribution in [-0.2, 0) is 0 Å². The summed E-state index contributed by atoms with van der Waals surface area (Å²) >= 11 is 0. The van der Waals surface area contributed by atoms with Crippen molar-refractivity contribution in [3.05, 3.63) is 35.9 Å². The minimum Gasteiger partial charge on any atom is -0.395 e. The highest BCUT2D eigenvalue weighted by molar-refractivity contribution is 5.55. The molecule has 2 heteroatoms. The van der Waals surface area contributed by atoms with Gasteiger partial charge in [-0.05, 0) is 24.6 Å². The highest BCUT2D eigenvalue weighted by Crippen LogP contribution is 2.14. The molecule has 0 unspecified atom stereocenters. The van der Waals surface area contributed by atoms with Crippen LogP contribution < -0.4 is 4.90 Å². The van der Waals surface area contributed by atoms with E-state index >= 15 is 0 Å². The maximum atomic E-state index is 8.78. The molecule has 1 aromatic rings. The first-order valence-corrected chi connectivity index (χ1v) is 5.82. The van der Waals surface area contributed by atoms with E-state index in [2.05, 4.69) is 30.3 Å². The first-order chi connectivity index (χ1) is 7.77. The van der Waals surface area contributed by atoms with Crippen molar-refractivity contribution in [1.29, 1.82) is 0 Å². The molecule has 1 aromatic carbocycles. The van der Waals surface area contributed by atoms with Crippen molar-refractivity contribution in [2.45, 2.75) is 20.8 Å². The van der Waals surface area contributed by atoms with Gasteiger partial charge in [-0.15, -0.1) is 0 Å². The van der Waals surface area contributed by atoms with Crippen molar-refractivity contribution < 1.29 is 5.11 Å². The summed E-state index contributed by atoms with van der Waals surface area (Å²) in [5.74, 6) is 0. The number of nitrogens with zero attached hydrogens (tertiary/aromatic N) is 1. The van der Waals surface area contributed by atoms with Crippen LogP contribution in [0.4, 0.5) is 5.69 Å². The minimum atomic E-state index is 0.188. The molecular formula is C14H23NO. The lowest BCUT2D eigenvalue weighted by atomic mass is 10.2. The van der Waals surface area contributed by atoms with Gasteiger partial charge in [-0.1, -0.05) is 38.1 Å². The molecule has 0 bridgehead atoms. The number of allylic oxidation sites excluding steroid dienone is 1. The number of likely N-dealkylation sites (N-methyl/N-ethyl adjacent to an activating group) is 1. The van der Waals surface area contributed by atoms with Crippen molar-refractivity contribution in [2.24, 2.45) is 0 Å². The molecule has 0 saturated heterocycles. The van der Waals surface area contributed by atoms with Gasteiger partial charge in [-0.2, -0.15) is 0 Å². The first kappa shape index (κ1) is 14.7. The van der Waals surface area contributed by atoms with E-state index in [-0.39, 0.29) is 6.61 Å². The van der Waals surface area contributed by atoms with E-state index < -0.39 is 0 Å². The van der Waals surface area contributed by atoms with Gasteiger partial charge in [0.1, 0.15) is 0 Å². The Morgan fingerprint density at radius 2 is 1.75 bits per heavy atom. The Labute approximate surface area is 99.2 Å². The average Bonchev–Trinajstić information content (AvgIpc) is 2.33. The first-order valence-electron chi connectivity index (χ1n) is 5.82. The molecule has 0 radical (unpaired) electrons. The summed E-state index contributed by atoms with van der Waals surface area (Å²) in [6, 6.07) is 8.27. The molecule has 0 fully saturated rings. The summed E-state index contributed by atoms with van der Waals surface area (Å²) in [7, 11) is 1.97. The number of benzene rings is 1. The van der Waals surface area contributed by atoms with Gasteiger partial charge >= 0.3 is 0 Å². The molecule has 0 aliphatic heterocycles. The molecule has 0 amide bonds. The third-order valence-electron chi connectivity index (χ3n) is 2.13. The SMILES string of the molecule is C/C=C/c1ccc(N(C)CCO)cc1.CC. The lowest BCUT2D eigenvalue weighted by Crippen LogP contribution is -2.20. The Kier molecular flexibility index (Phi) is 8.26. The molecular weight excluding hydrogens is 198 g/mol. The Bertz CT molecular complexity index is 290. The van der Waals surface area contributed by atoms with Gasteiger partial charge in [0.15, 0.2) is 0 Å². The highest BCUT2D eigenvalue weighted by atomic mass is 16.3. The van der Waals surface area contributed by atoms with Gasteiger partial charge in [-0.3, -0.25) is 0 Å². The molecule has 2 nitrogen and oxygen atoms in total. The van der Waals surface area contributed by atoms with Gasteiger partial charge in [0.25, 0.3) is 0 Å². The molecule has 90 valence electrons. The van der Waals surface area contributed by atoms with Crippen LogP contribution in [0.25, 0.3) is 6.08 Å². The maximum Gasteiger partial charge on any atom is 0.0606 e. The number of anilines is 1. The van der Waals surface area contributed by atoms with Gasteiger partial charge in [0, 0.05) is 19.3 Å². The topological polar surface area (TPSA) is 23.5 Å². The quantitative estimate of drug-likeness (QED) is 0.844. The van der Waals surface area contributed by atoms with Crippen molar-refractivity contribution in [1.82, 2.24) is 0 Å². The van der Waals surface area contributed by atoms with Crippen molar-refractivity contribution in [3.63, 3.8) is 0 Å². The maximum absolute atomic E-state index is 8.78. The lowest BCUT2D eigenvalue weighted by molar-refractivity contribution is 0.304. The third kappa shape index (κ3) is 4.99. The minimum absolute atomic E-state index is 0.188. The molecule has 0 aromatic heterocycles.